The summed E-state index contributed by atoms with van der Waals surface area (Å²) in [5.41, 5.74) is 0. The van der Waals surface area contributed by atoms with Crippen LogP contribution < -0.4 is 10.1 Å². The highest BCUT2D eigenvalue weighted by atomic mass is 16.5. The SMILES string of the molecule is CC(C)c1nc2c([nH]1)NC(=O)CO2.[HH].[HH]. The summed E-state index contributed by atoms with van der Waals surface area (Å²) < 4.78 is 5.11. The van der Waals surface area contributed by atoms with Crippen molar-refractivity contribution in [2.45, 2.75) is 19.8 Å². The van der Waals surface area contributed by atoms with Crippen molar-refractivity contribution in [1.82, 2.24) is 9.97 Å². The van der Waals surface area contributed by atoms with Crippen LogP contribution in [0.5, 0.6) is 5.88 Å². The zero-order valence-electron chi connectivity index (χ0n) is 7.55. The third-order valence-corrected chi connectivity index (χ3v) is 1.84. The van der Waals surface area contributed by atoms with Crippen molar-refractivity contribution in [3.63, 3.8) is 0 Å². The van der Waals surface area contributed by atoms with Gasteiger partial charge in [-0.3, -0.25) is 4.79 Å². The molecule has 0 fully saturated rings. The number of nitrogens with zero attached hydrogens (tertiary/aromatic N) is 1. The van der Waals surface area contributed by atoms with Gasteiger partial charge in [0.25, 0.3) is 11.8 Å². The highest BCUT2D eigenvalue weighted by molar-refractivity contribution is 5.93. The van der Waals surface area contributed by atoms with Gasteiger partial charge in [-0.25, -0.2) is 0 Å². The molecular formula is C8H15N3O2. The molecule has 2 N–H and O–H groups in total. The standard InChI is InChI=1S/C8H11N3O2.2H2/c1-4(2)6-10-7-8(11-6)13-3-5(12)9-7;;/h4H,3H2,1-2H3,(H,9,12)(H,10,11);2*1H. The predicted molar refractivity (Wildman–Crippen MR) is 51.0 cm³/mol. The minimum Gasteiger partial charge on any atom is -0.465 e. The van der Waals surface area contributed by atoms with Gasteiger partial charge in [0.2, 0.25) is 0 Å². The maximum Gasteiger partial charge on any atom is 0.263 e. The van der Waals surface area contributed by atoms with Gasteiger partial charge in [-0.15, -0.1) is 0 Å². The van der Waals surface area contributed by atoms with Gasteiger partial charge in [-0.2, -0.15) is 4.98 Å². The van der Waals surface area contributed by atoms with Gasteiger partial charge in [0.05, 0.1) is 0 Å². The number of H-pyrrole nitrogens is 1. The van der Waals surface area contributed by atoms with Crippen molar-refractivity contribution in [1.29, 1.82) is 0 Å². The second kappa shape index (κ2) is 2.76. The lowest BCUT2D eigenvalue weighted by atomic mass is 10.2. The van der Waals surface area contributed by atoms with Crippen LogP contribution in [0.3, 0.4) is 0 Å². The molecule has 2 rings (SSSR count). The molecule has 1 aliphatic heterocycles. The van der Waals surface area contributed by atoms with E-state index in [0.29, 0.717) is 17.6 Å². The van der Waals surface area contributed by atoms with E-state index in [4.69, 9.17) is 4.74 Å². The Morgan fingerprint density at radius 2 is 2.38 bits per heavy atom. The molecule has 2 heterocycles. The predicted octanol–water partition coefficient (Wildman–Crippen LogP) is 1.36. The summed E-state index contributed by atoms with van der Waals surface area (Å²) in [5, 5.41) is 2.65. The first kappa shape index (κ1) is 8.10. The van der Waals surface area contributed by atoms with Crippen molar-refractivity contribution in [2.75, 3.05) is 11.9 Å². The maximum absolute atomic E-state index is 10.9. The Balaban J connectivity index is 0.000000980. The summed E-state index contributed by atoms with van der Waals surface area (Å²) in [5.74, 6) is 2.04. The molecule has 1 aromatic rings. The first-order valence-electron chi connectivity index (χ1n) is 4.19. The van der Waals surface area contributed by atoms with E-state index in [1.165, 1.54) is 0 Å². The Morgan fingerprint density at radius 3 is 3.08 bits per heavy atom. The fourth-order valence-electron chi connectivity index (χ4n) is 1.15. The molecule has 5 nitrogen and oxygen atoms in total. The van der Waals surface area contributed by atoms with Gasteiger partial charge in [-0.05, 0) is 0 Å². The molecule has 74 valence electrons. The smallest absolute Gasteiger partial charge is 0.263 e. The Morgan fingerprint density at radius 1 is 1.62 bits per heavy atom. The first-order chi connectivity index (χ1) is 6.16. The number of ether oxygens (including phenoxy) is 1. The van der Waals surface area contributed by atoms with Crippen LogP contribution >= 0.6 is 0 Å². The van der Waals surface area contributed by atoms with Gasteiger partial charge in [0, 0.05) is 8.77 Å². The minimum atomic E-state index is -0.147. The number of hydrogen-bond acceptors (Lipinski definition) is 3. The molecule has 1 amide bonds. The Hall–Kier alpha value is -1.52. The summed E-state index contributed by atoms with van der Waals surface area (Å²) >= 11 is 0. The summed E-state index contributed by atoms with van der Waals surface area (Å²) in [6, 6.07) is 0. The van der Waals surface area contributed by atoms with Crippen LogP contribution in [-0.2, 0) is 4.79 Å². The van der Waals surface area contributed by atoms with Gasteiger partial charge < -0.3 is 15.0 Å². The number of hydrogen-bond donors (Lipinski definition) is 2. The molecule has 0 radical (unpaired) electrons. The molecule has 0 aliphatic carbocycles. The number of carbonyl (C=O) groups excluding carboxylic acids is 1. The number of amides is 1. The largest absolute Gasteiger partial charge is 0.465 e. The molecule has 0 saturated heterocycles. The lowest BCUT2D eigenvalue weighted by molar-refractivity contribution is -0.118. The molecule has 0 aromatic carbocycles. The lowest BCUT2D eigenvalue weighted by Crippen LogP contribution is -2.25. The second-order valence-electron chi connectivity index (χ2n) is 3.29. The molecule has 1 aromatic heterocycles. The summed E-state index contributed by atoms with van der Waals surface area (Å²) in [6.07, 6.45) is 0. The van der Waals surface area contributed by atoms with Gasteiger partial charge >= 0.3 is 0 Å². The summed E-state index contributed by atoms with van der Waals surface area (Å²) in [6.45, 7) is 4.09. The van der Waals surface area contributed by atoms with Crippen LogP contribution in [0, 0.1) is 0 Å². The summed E-state index contributed by atoms with van der Waals surface area (Å²) in [4.78, 5) is 18.1. The van der Waals surface area contributed by atoms with E-state index in [2.05, 4.69) is 15.3 Å². The van der Waals surface area contributed by atoms with Crippen molar-refractivity contribution in [3.8, 4) is 5.88 Å². The van der Waals surface area contributed by atoms with E-state index >= 15 is 0 Å². The minimum absolute atomic E-state index is 0. The van der Waals surface area contributed by atoms with E-state index in [0.717, 1.165) is 5.82 Å². The van der Waals surface area contributed by atoms with E-state index in [1.807, 2.05) is 13.8 Å². The molecule has 0 spiro atoms. The molecule has 0 bridgehead atoms. The molecule has 0 atom stereocenters. The second-order valence-corrected chi connectivity index (χ2v) is 3.29. The first-order valence-corrected chi connectivity index (χ1v) is 4.19. The number of imidazole rings is 1. The fourth-order valence-corrected chi connectivity index (χ4v) is 1.15. The fraction of sp³-hybridized carbons (Fsp3) is 0.500. The van der Waals surface area contributed by atoms with Crippen molar-refractivity contribution >= 4 is 11.7 Å². The monoisotopic (exact) mass is 185 g/mol. The van der Waals surface area contributed by atoms with Crippen LogP contribution in [0.4, 0.5) is 5.82 Å². The highest BCUT2D eigenvalue weighted by Crippen LogP contribution is 2.26. The van der Waals surface area contributed by atoms with Crippen LogP contribution in [0.2, 0.25) is 0 Å². The molecule has 13 heavy (non-hydrogen) atoms. The van der Waals surface area contributed by atoms with Crippen molar-refractivity contribution < 1.29 is 12.4 Å². The Kier molecular flexibility index (Phi) is 1.72. The normalized spacial score (nSPS) is 15.2. The zero-order valence-corrected chi connectivity index (χ0v) is 7.55. The average molecular weight is 185 g/mol. The molecule has 5 heteroatoms. The summed E-state index contributed by atoms with van der Waals surface area (Å²) in [7, 11) is 0. The third kappa shape index (κ3) is 1.37. The molecular weight excluding hydrogens is 170 g/mol. The number of nitrogens with one attached hydrogen (secondary N) is 2. The third-order valence-electron chi connectivity index (χ3n) is 1.84. The number of rotatable bonds is 1. The number of aromatic nitrogens is 2. The molecule has 0 saturated carbocycles. The van der Waals surface area contributed by atoms with E-state index in [9.17, 15) is 4.79 Å². The van der Waals surface area contributed by atoms with Crippen molar-refractivity contribution in [2.24, 2.45) is 0 Å². The molecule has 1 aliphatic rings. The maximum atomic E-state index is 10.9. The van der Waals surface area contributed by atoms with Crippen LogP contribution in [0.25, 0.3) is 0 Å². The number of anilines is 1. The zero-order chi connectivity index (χ0) is 9.42. The highest BCUT2D eigenvalue weighted by Gasteiger charge is 2.20. The Bertz CT molecular complexity index is 352. The van der Waals surface area contributed by atoms with E-state index in [1.54, 1.807) is 0 Å². The Labute approximate surface area is 78.5 Å². The number of fused-ring (bicyclic) bond motifs is 1. The van der Waals surface area contributed by atoms with Gasteiger partial charge in [0.1, 0.15) is 5.82 Å². The average Bonchev–Trinajstić information content (AvgIpc) is 2.46. The number of aromatic amines is 1. The van der Waals surface area contributed by atoms with Crippen molar-refractivity contribution in [3.05, 3.63) is 5.82 Å². The topological polar surface area (TPSA) is 67.0 Å². The van der Waals surface area contributed by atoms with Gasteiger partial charge in [-0.1, -0.05) is 13.8 Å². The van der Waals surface area contributed by atoms with E-state index < -0.39 is 0 Å². The van der Waals surface area contributed by atoms with Crippen LogP contribution in [0.1, 0.15) is 28.4 Å². The lowest BCUT2D eigenvalue weighted by Gasteiger charge is -2.11. The van der Waals surface area contributed by atoms with E-state index in [-0.39, 0.29) is 15.4 Å². The molecule has 0 unspecified atom stereocenters. The number of carbonyl (C=O) groups is 1. The van der Waals surface area contributed by atoms with Crippen LogP contribution in [-0.4, -0.2) is 22.5 Å². The quantitative estimate of drug-likeness (QED) is 0.694. The van der Waals surface area contributed by atoms with Gasteiger partial charge in [0.15, 0.2) is 12.4 Å². The van der Waals surface area contributed by atoms with Crippen LogP contribution in [0.15, 0.2) is 0 Å².